The van der Waals surface area contributed by atoms with Crippen molar-refractivity contribution in [2.24, 2.45) is 5.73 Å². The fourth-order valence-electron chi connectivity index (χ4n) is 1.26. The molecule has 84 valence electrons. The van der Waals surface area contributed by atoms with E-state index in [0.29, 0.717) is 13.2 Å². The third-order valence-electron chi connectivity index (χ3n) is 1.98. The van der Waals surface area contributed by atoms with Gasteiger partial charge in [-0.2, -0.15) is 0 Å². The lowest BCUT2D eigenvalue weighted by atomic mass is 10.3. The fourth-order valence-corrected chi connectivity index (χ4v) is 1.26. The van der Waals surface area contributed by atoms with Crippen LogP contribution in [0, 0.1) is 0 Å². The molecule has 2 N–H and O–H groups in total. The van der Waals surface area contributed by atoms with Crippen LogP contribution in [0.1, 0.15) is 19.8 Å². The van der Waals surface area contributed by atoms with Gasteiger partial charge in [0, 0.05) is 6.07 Å². The molecular formula is C12H19NO2. The maximum atomic E-state index is 5.56. The highest BCUT2D eigenvalue weighted by Crippen LogP contribution is 2.19. The Labute approximate surface area is 91.2 Å². The molecule has 0 aliphatic rings. The van der Waals surface area contributed by atoms with E-state index in [9.17, 15) is 0 Å². The fraction of sp³-hybridized carbons (Fsp3) is 0.500. The molecule has 0 radical (unpaired) electrons. The number of hydrogen-bond donors (Lipinski definition) is 1. The largest absolute Gasteiger partial charge is 0.494 e. The first-order chi connectivity index (χ1) is 7.36. The number of benzene rings is 1. The molecule has 0 heterocycles. The summed E-state index contributed by atoms with van der Waals surface area (Å²) in [6, 6.07) is 7.70. The second-order valence-electron chi connectivity index (χ2n) is 3.25. The lowest BCUT2D eigenvalue weighted by molar-refractivity contribution is 0.301. The average molecular weight is 209 g/mol. The van der Waals surface area contributed by atoms with Crippen LogP contribution in [-0.2, 0) is 0 Å². The monoisotopic (exact) mass is 209 g/mol. The molecule has 0 atom stereocenters. The molecule has 1 aromatic rings. The standard InChI is InChI=1S/C12H19NO2/c1-2-14-11-6-5-7-12(10-11)15-9-4-3-8-13/h5-7,10H,2-4,8-9,13H2,1H3. The molecule has 0 aliphatic carbocycles. The van der Waals surface area contributed by atoms with Crippen molar-refractivity contribution in [3.05, 3.63) is 24.3 Å². The van der Waals surface area contributed by atoms with E-state index < -0.39 is 0 Å². The van der Waals surface area contributed by atoms with Crippen LogP contribution in [0.15, 0.2) is 24.3 Å². The van der Waals surface area contributed by atoms with E-state index in [1.165, 1.54) is 0 Å². The molecule has 0 bridgehead atoms. The van der Waals surface area contributed by atoms with E-state index in [2.05, 4.69) is 0 Å². The van der Waals surface area contributed by atoms with Gasteiger partial charge in [-0.05, 0) is 38.4 Å². The summed E-state index contributed by atoms with van der Waals surface area (Å²) in [7, 11) is 0. The van der Waals surface area contributed by atoms with E-state index in [0.717, 1.165) is 30.9 Å². The van der Waals surface area contributed by atoms with Crippen molar-refractivity contribution in [3.63, 3.8) is 0 Å². The smallest absolute Gasteiger partial charge is 0.122 e. The van der Waals surface area contributed by atoms with Crippen LogP contribution in [0.3, 0.4) is 0 Å². The Balaban J connectivity index is 2.36. The summed E-state index contributed by atoms with van der Waals surface area (Å²) in [5.41, 5.74) is 5.40. The van der Waals surface area contributed by atoms with E-state index in [1.54, 1.807) is 0 Å². The van der Waals surface area contributed by atoms with Crippen molar-refractivity contribution >= 4 is 0 Å². The normalized spacial score (nSPS) is 10.0. The summed E-state index contributed by atoms with van der Waals surface area (Å²) < 4.78 is 10.9. The number of nitrogens with two attached hydrogens (primary N) is 1. The van der Waals surface area contributed by atoms with Gasteiger partial charge in [0.05, 0.1) is 13.2 Å². The van der Waals surface area contributed by atoms with E-state index in [-0.39, 0.29) is 0 Å². The Kier molecular flexibility index (Phi) is 5.63. The Morgan fingerprint density at radius 1 is 1.13 bits per heavy atom. The van der Waals surface area contributed by atoms with Crippen LogP contribution in [0.4, 0.5) is 0 Å². The number of rotatable bonds is 7. The molecule has 0 unspecified atom stereocenters. The quantitative estimate of drug-likeness (QED) is 0.700. The minimum Gasteiger partial charge on any atom is -0.494 e. The summed E-state index contributed by atoms with van der Waals surface area (Å²) >= 11 is 0. The topological polar surface area (TPSA) is 44.5 Å². The number of hydrogen-bond acceptors (Lipinski definition) is 3. The van der Waals surface area contributed by atoms with Crippen molar-refractivity contribution < 1.29 is 9.47 Å². The maximum Gasteiger partial charge on any atom is 0.122 e. The Bertz CT molecular complexity index is 276. The summed E-state index contributed by atoms with van der Waals surface area (Å²) in [4.78, 5) is 0. The summed E-state index contributed by atoms with van der Waals surface area (Å²) in [5.74, 6) is 1.71. The second kappa shape index (κ2) is 7.12. The maximum absolute atomic E-state index is 5.56. The minimum absolute atomic E-state index is 0.677. The molecule has 0 spiro atoms. The first-order valence-corrected chi connectivity index (χ1v) is 5.42. The third kappa shape index (κ3) is 4.70. The minimum atomic E-state index is 0.677. The Morgan fingerprint density at radius 2 is 1.87 bits per heavy atom. The van der Waals surface area contributed by atoms with Gasteiger partial charge < -0.3 is 15.2 Å². The van der Waals surface area contributed by atoms with Crippen LogP contribution in [0.2, 0.25) is 0 Å². The highest BCUT2D eigenvalue weighted by molar-refractivity contribution is 5.32. The lowest BCUT2D eigenvalue weighted by Crippen LogP contribution is -2.03. The lowest BCUT2D eigenvalue weighted by Gasteiger charge is -2.07. The molecule has 0 aromatic heterocycles. The van der Waals surface area contributed by atoms with Gasteiger partial charge in [0.15, 0.2) is 0 Å². The molecule has 0 amide bonds. The van der Waals surface area contributed by atoms with E-state index in [4.69, 9.17) is 15.2 Å². The summed E-state index contributed by atoms with van der Waals surface area (Å²) in [6.07, 6.45) is 2.00. The molecule has 0 fully saturated rings. The molecule has 0 saturated heterocycles. The second-order valence-corrected chi connectivity index (χ2v) is 3.25. The summed E-state index contributed by atoms with van der Waals surface area (Å²) in [6.45, 7) is 4.08. The summed E-state index contributed by atoms with van der Waals surface area (Å²) in [5, 5.41) is 0. The van der Waals surface area contributed by atoms with E-state index >= 15 is 0 Å². The molecule has 0 aliphatic heterocycles. The SMILES string of the molecule is CCOc1cccc(OCCCCN)c1. The van der Waals surface area contributed by atoms with Crippen molar-refractivity contribution in [2.45, 2.75) is 19.8 Å². The van der Waals surface area contributed by atoms with Crippen LogP contribution >= 0.6 is 0 Å². The predicted molar refractivity (Wildman–Crippen MR) is 61.4 cm³/mol. The van der Waals surface area contributed by atoms with Gasteiger partial charge >= 0.3 is 0 Å². The van der Waals surface area contributed by atoms with Crippen LogP contribution in [0.5, 0.6) is 11.5 Å². The molecule has 3 heteroatoms. The zero-order chi connectivity index (χ0) is 10.9. The predicted octanol–water partition coefficient (Wildman–Crippen LogP) is 2.20. The van der Waals surface area contributed by atoms with Crippen LogP contribution in [-0.4, -0.2) is 19.8 Å². The number of unbranched alkanes of at least 4 members (excludes halogenated alkanes) is 1. The van der Waals surface area contributed by atoms with Crippen molar-refractivity contribution in [1.82, 2.24) is 0 Å². The van der Waals surface area contributed by atoms with Gasteiger partial charge in [-0.1, -0.05) is 6.07 Å². The highest BCUT2D eigenvalue weighted by Gasteiger charge is 1.96. The van der Waals surface area contributed by atoms with Gasteiger partial charge in [-0.25, -0.2) is 0 Å². The van der Waals surface area contributed by atoms with Crippen molar-refractivity contribution in [2.75, 3.05) is 19.8 Å². The van der Waals surface area contributed by atoms with E-state index in [1.807, 2.05) is 31.2 Å². The Hall–Kier alpha value is -1.22. The van der Waals surface area contributed by atoms with Crippen LogP contribution in [0.25, 0.3) is 0 Å². The first-order valence-electron chi connectivity index (χ1n) is 5.42. The Morgan fingerprint density at radius 3 is 2.53 bits per heavy atom. The van der Waals surface area contributed by atoms with Crippen molar-refractivity contribution in [3.8, 4) is 11.5 Å². The molecule has 3 nitrogen and oxygen atoms in total. The van der Waals surface area contributed by atoms with Gasteiger partial charge in [-0.15, -0.1) is 0 Å². The molecule has 0 saturated carbocycles. The van der Waals surface area contributed by atoms with Gasteiger partial charge in [0.1, 0.15) is 11.5 Å². The number of ether oxygens (including phenoxy) is 2. The molecule has 15 heavy (non-hydrogen) atoms. The van der Waals surface area contributed by atoms with Crippen LogP contribution < -0.4 is 15.2 Å². The molecular weight excluding hydrogens is 190 g/mol. The third-order valence-corrected chi connectivity index (χ3v) is 1.98. The highest BCUT2D eigenvalue weighted by atomic mass is 16.5. The molecule has 1 aromatic carbocycles. The average Bonchev–Trinajstić information content (AvgIpc) is 2.26. The van der Waals surface area contributed by atoms with Gasteiger partial charge in [0.2, 0.25) is 0 Å². The zero-order valence-electron chi connectivity index (χ0n) is 9.24. The molecule has 1 rings (SSSR count). The van der Waals surface area contributed by atoms with Gasteiger partial charge in [-0.3, -0.25) is 0 Å². The first kappa shape index (κ1) is 11.9. The zero-order valence-corrected chi connectivity index (χ0v) is 9.24. The van der Waals surface area contributed by atoms with Gasteiger partial charge in [0.25, 0.3) is 0 Å². The van der Waals surface area contributed by atoms with Crippen molar-refractivity contribution in [1.29, 1.82) is 0 Å².